The molecule has 4 aromatic rings. The van der Waals surface area contributed by atoms with E-state index in [1.165, 1.54) is 27.7 Å². The lowest BCUT2D eigenvalue weighted by atomic mass is 10.0. The second-order valence-corrected chi connectivity index (χ2v) is 6.88. The van der Waals surface area contributed by atoms with Crippen molar-refractivity contribution in [1.82, 2.24) is 4.98 Å². The highest BCUT2D eigenvalue weighted by molar-refractivity contribution is 7.17. The normalized spacial score (nSPS) is 11.2. The summed E-state index contributed by atoms with van der Waals surface area (Å²) in [5.41, 5.74) is 2.41. The highest BCUT2D eigenvalue weighted by atomic mass is 32.1. The van der Waals surface area contributed by atoms with E-state index in [9.17, 15) is 14.7 Å². The second-order valence-electron chi connectivity index (χ2n) is 6.00. The molecule has 124 valence electrons. The molecule has 0 spiro atoms. The van der Waals surface area contributed by atoms with Gasteiger partial charge in [0.2, 0.25) is 5.56 Å². The molecule has 2 aromatic carbocycles. The number of aryl methyl sites for hydroxylation is 2. The first-order valence-corrected chi connectivity index (χ1v) is 8.84. The number of H-pyrrole nitrogens is 1. The summed E-state index contributed by atoms with van der Waals surface area (Å²) >= 11 is 1.36. The molecular formula is C20H15NO3S. The molecule has 2 heterocycles. The maximum absolute atomic E-state index is 11.9. The number of carboxylic acid groups (broad SMARTS) is 1. The number of carboxylic acids is 1. The maximum Gasteiger partial charge on any atom is 0.338 e. The van der Waals surface area contributed by atoms with Gasteiger partial charge in [0.25, 0.3) is 0 Å². The number of thiophene rings is 1. The van der Waals surface area contributed by atoms with E-state index < -0.39 is 5.97 Å². The van der Waals surface area contributed by atoms with Crippen molar-refractivity contribution in [1.29, 1.82) is 0 Å². The Morgan fingerprint density at radius 1 is 1.04 bits per heavy atom. The number of fused-ring (bicyclic) bond motifs is 2. The van der Waals surface area contributed by atoms with Crippen molar-refractivity contribution >= 4 is 38.3 Å². The highest BCUT2D eigenvalue weighted by Gasteiger charge is 2.15. The summed E-state index contributed by atoms with van der Waals surface area (Å²) in [7, 11) is 0. The molecule has 4 nitrogen and oxygen atoms in total. The van der Waals surface area contributed by atoms with E-state index in [2.05, 4.69) is 35.3 Å². The van der Waals surface area contributed by atoms with Crippen molar-refractivity contribution in [3.63, 3.8) is 0 Å². The number of hydrogen-bond donors (Lipinski definition) is 2. The van der Waals surface area contributed by atoms with Gasteiger partial charge >= 0.3 is 5.97 Å². The number of aromatic nitrogens is 1. The maximum atomic E-state index is 11.9. The minimum atomic E-state index is -1.02. The fourth-order valence-electron chi connectivity index (χ4n) is 3.12. The van der Waals surface area contributed by atoms with Gasteiger partial charge in [-0.1, -0.05) is 42.5 Å². The summed E-state index contributed by atoms with van der Waals surface area (Å²) in [6.45, 7) is 0. The molecule has 0 unspecified atom stereocenters. The Morgan fingerprint density at radius 2 is 1.84 bits per heavy atom. The Balaban J connectivity index is 1.68. The fraction of sp³-hybridized carbons (Fsp3) is 0.100. The van der Waals surface area contributed by atoms with Crippen LogP contribution in [-0.2, 0) is 12.8 Å². The number of benzene rings is 2. The summed E-state index contributed by atoms with van der Waals surface area (Å²) in [6, 6.07) is 16.1. The number of pyridine rings is 1. The van der Waals surface area contributed by atoms with Crippen LogP contribution in [0, 0.1) is 0 Å². The molecule has 0 saturated carbocycles. The Bertz CT molecular complexity index is 1160. The van der Waals surface area contributed by atoms with Crippen LogP contribution >= 0.6 is 11.3 Å². The van der Waals surface area contributed by atoms with E-state index in [-0.39, 0.29) is 11.1 Å². The van der Waals surface area contributed by atoms with Crippen LogP contribution in [0.25, 0.3) is 21.0 Å². The van der Waals surface area contributed by atoms with Gasteiger partial charge in [-0.25, -0.2) is 4.79 Å². The zero-order valence-corrected chi connectivity index (χ0v) is 14.1. The molecule has 5 heteroatoms. The van der Waals surface area contributed by atoms with Crippen LogP contribution < -0.4 is 5.56 Å². The first-order valence-electron chi connectivity index (χ1n) is 7.96. The van der Waals surface area contributed by atoms with Gasteiger partial charge in [0.05, 0.1) is 15.8 Å². The molecule has 0 aliphatic heterocycles. The lowest BCUT2D eigenvalue weighted by Crippen LogP contribution is -2.08. The molecule has 0 bridgehead atoms. The summed E-state index contributed by atoms with van der Waals surface area (Å²) in [5.74, 6) is -1.02. The molecule has 4 rings (SSSR count). The molecule has 0 aliphatic carbocycles. The smallest absolute Gasteiger partial charge is 0.338 e. The average molecular weight is 349 g/mol. The number of hydrogen-bond acceptors (Lipinski definition) is 3. The van der Waals surface area contributed by atoms with Crippen molar-refractivity contribution in [3.8, 4) is 0 Å². The summed E-state index contributed by atoms with van der Waals surface area (Å²) in [4.78, 5) is 25.9. The highest BCUT2D eigenvalue weighted by Crippen LogP contribution is 2.27. The van der Waals surface area contributed by atoms with Gasteiger partial charge in [-0.2, -0.15) is 0 Å². The van der Waals surface area contributed by atoms with Gasteiger partial charge in [0.15, 0.2) is 0 Å². The minimum Gasteiger partial charge on any atom is -0.478 e. The molecule has 0 saturated heterocycles. The van der Waals surface area contributed by atoms with E-state index in [0.29, 0.717) is 11.9 Å². The monoisotopic (exact) mass is 349 g/mol. The predicted molar refractivity (Wildman–Crippen MR) is 101 cm³/mol. The van der Waals surface area contributed by atoms with Gasteiger partial charge in [-0.3, -0.25) is 4.79 Å². The quantitative estimate of drug-likeness (QED) is 0.579. The minimum absolute atomic E-state index is 0.157. The number of aromatic amines is 1. The Morgan fingerprint density at radius 3 is 2.64 bits per heavy atom. The second kappa shape index (κ2) is 6.18. The van der Waals surface area contributed by atoms with Crippen LogP contribution in [-0.4, -0.2) is 16.1 Å². The number of nitrogens with one attached hydrogen (secondary N) is 1. The first-order chi connectivity index (χ1) is 12.1. The third kappa shape index (κ3) is 2.94. The topological polar surface area (TPSA) is 70.2 Å². The van der Waals surface area contributed by atoms with Crippen molar-refractivity contribution < 1.29 is 9.90 Å². The summed E-state index contributed by atoms with van der Waals surface area (Å²) in [5, 5.41) is 13.2. The molecule has 2 aromatic heterocycles. The third-order valence-electron chi connectivity index (χ3n) is 4.36. The molecule has 0 amide bonds. The molecule has 2 N–H and O–H groups in total. The lowest BCUT2D eigenvalue weighted by molar-refractivity contribution is 0.0699. The van der Waals surface area contributed by atoms with Crippen LogP contribution in [0.15, 0.2) is 58.7 Å². The Labute approximate surface area is 147 Å². The van der Waals surface area contributed by atoms with E-state index >= 15 is 0 Å². The van der Waals surface area contributed by atoms with E-state index in [1.807, 2.05) is 12.1 Å². The van der Waals surface area contributed by atoms with Gasteiger partial charge in [0.1, 0.15) is 0 Å². The lowest BCUT2D eigenvalue weighted by Gasteiger charge is -2.06. The zero-order chi connectivity index (χ0) is 17.4. The van der Waals surface area contributed by atoms with Crippen LogP contribution in [0.3, 0.4) is 0 Å². The van der Waals surface area contributed by atoms with Crippen LogP contribution in [0.5, 0.6) is 0 Å². The van der Waals surface area contributed by atoms with Crippen molar-refractivity contribution in [3.05, 3.63) is 81.0 Å². The average Bonchev–Trinajstić information content (AvgIpc) is 3.03. The van der Waals surface area contributed by atoms with Crippen LogP contribution in [0.2, 0.25) is 0 Å². The fourth-order valence-corrected chi connectivity index (χ4v) is 4.16. The molecule has 0 fully saturated rings. The first kappa shape index (κ1) is 15.6. The van der Waals surface area contributed by atoms with Gasteiger partial charge in [-0.05, 0) is 34.7 Å². The summed E-state index contributed by atoms with van der Waals surface area (Å²) in [6.07, 6.45) is 1.49. The van der Waals surface area contributed by atoms with E-state index in [1.54, 1.807) is 11.4 Å². The van der Waals surface area contributed by atoms with Gasteiger partial charge in [0, 0.05) is 11.4 Å². The summed E-state index contributed by atoms with van der Waals surface area (Å²) < 4.78 is 0.845. The largest absolute Gasteiger partial charge is 0.478 e. The molecular weight excluding hydrogens is 334 g/mol. The Kier molecular flexibility index (Phi) is 3.86. The molecule has 0 aliphatic rings. The Hall–Kier alpha value is -2.92. The van der Waals surface area contributed by atoms with Gasteiger partial charge < -0.3 is 10.1 Å². The standard InChI is InChI=1S/C20H15NO3S/c22-17-10-15(19-18(21-17)16(11-25-19)20(23)24)8-6-12-5-7-13-3-1-2-4-14(13)9-12/h1-5,7,9-11H,6,8H2,(H,21,22)(H,23,24). The third-order valence-corrected chi connectivity index (χ3v) is 5.42. The zero-order valence-electron chi connectivity index (χ0n) is 13.3. The van der Waals surface area contributed by atoms with Crippen LogP contribution in [0.4, 0.5) is 0 Å². The molecule has 25 heavy (non-hydrogen) atoms. The molecule has 0 atom stereocenters. The van der Waals surface area contributed by atoms with E-state index in [4.69, 9.17) is 0 Å². The molecule has 0 radical (unpaired) electrons. The number of carbonyl (C=O) groups is 1. The predicted octanol–water partition coefficient (Wildman–Crippen LogP) is 4.23. The van der Waals surface area contributed by atoms with Crippen molar-refractivity contribution in [2.24, 2.45) is 0 Å². The number of rotatable bonds is 4. The van der Waals surface area contributed by atoms with Crippen LogP contribution in [0.1, 0.15) is 21.5 Å². The van der Waals surface area contributed by atoms with E-state index in [0.717, 1.165) is 16.7 Å². The van der Waals surface area contributed by atoms with Crippen molar-refractivity contribution in [2.75, 3.05) is 0 Å². The number of aromatic carboxylic acids is 1. The van der Waals surface area contributed by atoms with Crippen molar-refractivity contribution in [2.45, 2.75) is 12.8 Å². The van der Waals surface area contributed by atoms with Gasteiger partial charge in [-0.15, -0.1) is 11.3 Å². The SMILES string of the molecule is O=C(O)c1csc2c(CCc3ccc4ccccc4c3)cc(=O)[nH]c12.